The molecule has 0 aromatic rings. The van der Waals surface area contributed by atoms with E-state index in [1.807, 2.05) is 0 Å². The zero-order valence-corrected chi connectivity index (χ0v) is 10.9. The third-order valence-electron chi connectivity index (χ3n) is 2.44. The number of alkyl halides is 6. The van der Waals surface area contributed by atoms with Crippen molar-refractivity contribution in [2.24, 2.45) is 5.73 Å². The number of primary amides is 1. The Hall–Kier alpha value is -1.03. The highest BCUT2D eigenvalue weighted by Crippen LogP contribution is 2.36. The molecule has 0 bridgehead atoms. The van der Waals surface area contributed by atoms with Gasteiger partial charge >= 0.3 is 12.4 Å². The van der Waals surface area contributed by atoms with Gasteiger partial charge in [0.2, 0.25) is 12.0 Å². The quantitative estimate of drug-likeness (QED) is 0.704. The number of carbonyl (C=O) groups is 1. The molecule has 1 unspecified atom stereocenters. The number of hydrogen-bond acceptors (Lipinski definition) is 3. The number of amides is 1. The molecule has 0 fully saturated rings. The van der Waals surface area contributed by atoms with Crippen molar-refractivity contribution in [1.29, 1.82) is 0 Å². The van der Waals surface area contributed by atoms with Crippen LogP contribution < -0.4 is 11.1 Å². The molecule has 0 radical (unpaired) electrons. The van der Waals surface area contributed by atoms with Crippen molar-refractivity contribution in [3.05, 3.63) is 0 Å². The first-order valence-electron chi connectivity index (χ1n) is 5.64. The minimum absolute atomic E-state index is 0.186. The van der Waals surface area contributed by atoms with Crippen LogP contribution in [0.15, 0.2) is 0 Å². The molecule has 1 amide bonds. The molecule has 0 saturated carbocycles. The minimum atomic E-state index is -5.62. The van der Waals surface area contributed by atoms with E-state index in [1.165, 1.54) is 0 Å². The monoisotopic (exact) mass is 310 g/mol. The molecule has 0 aromatic heterocycles. The molecule has 0 aliphatic rings. The first-order chi connectivity index (χ1) is 8.84. The Bertz CT molecular complexity index is 317. The summed E-state index contributed by atoms with van der Waals surface area (Å²) in [5.74, 6) is -1.10. The first-order valence-corrected chi connectivity index (χ1v) is 5.64. The lowest BCUT2D eigenvalue weighted by Gasteiger charge is -2.30. The summed E-state index contributed by atoms with van der Waals surface area (Å²) < 4.78 is 77.5. The maximum Gasteiger partial charge on any atom is 0.423 e. The zero-order chi connectivity index (χ0) is 16.2. The average Bonchev–Trinajstić information content (AvgIpc) is 2.22. The van der Waals surface area contributed by atoms with Crippen molar-refractivity contribution in [3.63, 3.8) is 0 Å². The van der Waals surface area contributed by atoms with Crippen molar-refractivity contribution < 1.29 is 35.9 Å². The van der Waals surface area contributed by atoms with Gasteiger partial charge in [-0.3, -0.25) is 4.79 Å². The molecule has 20 heavy (non-hydrogen) atoms. The second-order valence-electron chi connectivity index (χ2n) is 4.40. The van der Waals surface area contributed by atoms with Gasteiger partial charge in [-0.15, -0.1) is 0 Å². The molecule has 10 heteroatoms. The van der Waals surface area contributed by atoms with Crippen molar-refractivity contribution in [1.82, 2.24) is 5.32 Å². The Morgan fingerprint density at radius 2 is 1.65 bits per heavy atom. The highest BCUT2D eigenvalue weighted by molar-refractivity contribution is 5.84. The van der Waals surface area contributed by atoms with E-state index in [0.717, 1.165) is 6.92 Å². The van der Waals surface area contributed by atoms with Gasteiger partial charge in [0.15, 0.2) is 0 Å². The van der Waals surface area contributed by atoms with Crippen molar-refractivity contribution in [2.75, 3.05) is 13.2 Å². The van der Waals surface area contributed by atoms with E-state index in [4.69, 9.17) is 5.73 Å². The summed E-state index contributed by atoms with van der Waals surface area (Å²) in [6.07, 6.45) is -14.7. The predicted molar refractivity (Wildman–Crippen MR) is 57.7 cm³/mol. The van der Waals surface area contributed by atoms with Crippen LogP contribution in [0.4, 0.5) is 26.3 Å². The van der Waals surface area contributed by atoms with Gasteiger partial charge in [0.1, 0.15) is 5.54 Å². The number of nitrogens with two attached hydrogens (primary N) is 1. The second kappa shape index (κ2) is 6.61. The topological polar surface area (TPSA) is 64.3 Å². The second-order valence-corrected chi connectivity index (χ2v) is 4.40. The largest absolute Gasteiger partial charge is 0.423 e. The Kier molecular flexibility index (Phi) is 6.27. The van der Waals surface area contributed by atoms with Crippen molar-refractivity contribution >= 4 is 5.91 Å². The summed E-state index contributed by atoms with van der Waals surface area (Å²) in [5.41, 5.74) is 3.16. The van der Waals surface area contributed by atoms with Gasteiger partial charge in [0.25, 0.3) is 0 Å². The van der Waals surface area contributed by atoms with E-state index >= 15 is 0 Å². The van der Waals surface area contributed by atoms with Crippen LogP contribution in [0.2, 0.25) is 0 Å². The number of nitrogens with one attached hydrogen (secondary N) is 1. The molecular formula is C10H16F6N2O2. The van der Waals surface area contributed by atoms with E-state index in [0.29, 0.717) is 6.42 Å². The van der Waals surface area contributed by atoms with Crippen LogP contribution in [-0.4, -0.2) is 43.1 Å². The molecule has 120 valence electrons. The molecular weight excluding hydrogens is 294 g/mol. The predicted octanol–water partition coefficient (Wildman–Crippen LogP) is 1.74. The molecule has 0 saturated heterocycles. The summed E-state index contributed by atoms with van der Waals surface area (Å²) in [6.45, 7) is 1.82. The molecule has 0 spiro atoms. The van der Waals surface area contributed by atoms with Gasteiger partial charge < -0.3 is 15.8 Å². The van der Waals surface area contributed by atoms with Crippen LogP contribution in [-0.2, 0) is 9.53 Å². The SMILES string of the molecule is CCCNC(C)(COC(C(F)(F)F)C(F)(F)F)C(N)=O. The van der Waals surface area contributed by atoms with E-state index in [1.54, 1.807) is 6.92 Å². The standard InChI is InChI=1S/C10H16F6N2O2/c1-3-4-18-8(2,7(17)19)5-20-6(9(11,12)13)10(14,15)16/h6,18H,3-5H2,1-2H3,(H2,17,19). The first kappa shape index (κ1) is 19.0. The lowest BCUT2D eigenvalue weighted by Crippen LogP contribution is -2.58. The van der Waals surface area contributed by atoms with Crippen LogP contribution in [0.3, 0.4) is 0 Å². The molecule has 1 atom stereocenters. The fourth-order valence-corrected chi connectivity index (χ4v) is 1.23. The van der Waals surface area contributed by atoms with Gasteiger partial charge in [0.05, 0.1) is 6.61 Å². The van der Waals surface area contributed by atoms with E-state index in [-0.39, 0.29) is 6.54 Å². The molecule has 0 aliphatic carbocycles. The molecule has 0 heterocycles. The highest BCUT2D eigenvalue weighted by Gasteiger charge is 2.58. The van der Waals surface area contributed by atoms with Gasteiger partial charge in [0, 0.05) is 0 Å². The summed E-state index contributed by atoms with van der Waals surface area (Å²) >= 11 is 0. The third-order valence-corrected chi connectivity index (χ3v) is 2.44. The van der Waals surface area contributed by atoms with E-state index in [2.05, 4.69) is 10.1 Å². The summed E-state index contributed by atoms with van der Waals surface area (Å²) in [5, 5.41) is 2.47. The Labute approximate surface area is 111 Å². The van der Waals surface area contributed by atoms with Crippen LogP contribution >= 0.6 is 0 Å². The zero-order valence-electron chi connectivity index (χ0n) is 10.9. The molecule has 0 rings (SSSR count). The molecule has 4 nitrogen and oxygen atoms in total. The number of hydrogen-bond donors (Lipinski definition) is 2. The van der Waals surface area contributed by atoms with Gasteiger partial charge in [-0.1, -0.05) is 6.92 Å². The summed E-state index contributed by atoms with van der Waals surface area (Å²) in [7, 11) is 0. The van der Waals surface area contributed by atoms with E-state index < -0.39 is 36.5 Å². The number of rotatable bonds is 7. The third kappa shape index (κ3) is 5.53. The van der Waals surface area contributed by atoms with Crippen LogP contribution in [0.5, 0.6) is 0 Å². The van der Waals surface area contributed by atoms with Crippen molar-refractivity contribution in [2.45, 2.75) is 44.3 Å². The van der Waals surface area contributed by atoms with Crippen LogP contribution in [0, 0.1) is 0 Å². The van der Waals surface area contributed by atoms with Gasteiger partial charge in [-0.05, 0) is 19.9 Å². The van der Waals surface area contributed by atoms with Crippen LogP contribution in [0.25, 0.3) is 0 Å². The Morgan fingerprint density at radius 3 is 1.95 bits per heavy atom. The smallest absolute Gasteiger partial charge is 0.368 e. The molecule has 3 N–H and O–H groups in total. The van der Waals surface area contributed by atoms with Gasteiger partial charge in [-0.25, -0.2) is 0 Å². The highest BCUT2D eigenvalue weighted by atomic mass is 19.4. The number of halogens is 6. The minimum Gasteiger partial charge on any atom is -0.368 e. The average molecular weight is 310 g/mol. The fraction of sp³-hybridized carbons (Fsp3) is 0.900. The maximum absolute atomic E-state index is 12.3. The Balaban J connectivity index is 4.94. The fourth-order valence-electron chi connectivity index (χ4n) is 1.23. The molecule has 0 aromatic carbocycles. The lowest BCUT2D eigenvalue weighted by atomic mass is 10.0. The van der Waals surface area contributed by atoms with Gasteiger partial charge in [-0.2, -0.15) is 26.3 Å². The lowest BCUT2D eigenvalue weighted by molar-refractivity contribution is -0.323. The van der Waals surface area contributed by atoms with Crippen LogP contribution in [0.1, 0.15) is 20.3 Å². The molecule has 0 aliphatic heterocycles. The number of ether oxygens (including phenoxy) is 1. The number of carbonyl (C=O) groups excluding carboxylic acids is 1. The summed E-state index contributed by atoms with van der Waals surface area (Å²) in [4.78, 5) is 11.2. The Morgan fingerprint density at radius 1 is 1.20 bits per heavy atom. The summed E-state index contributed by atoms with van der Waals surface area (Å²) in [6, 6.07) is 0. The normalized spacial score (nSPS) is 16.2. The van der Waals surface area contributed by atoms with E-state index in [9.17, 15) is 31.1 Å². The maximum atomic E-state index is 12.3. The van der Waals surface area contributed by atoms with Crippen molar-refractivity contribution in [3.8, 4) is 0 Å².